The van der Waals surface area contributed by atoms with Gasteiger partial charge in [0.05, 0.1) is 32.0 Å². The fraction of sp³-hybridized carbons (Fsp3) is 0.933. The van der Waals surface area contributed by atoms with Gasteiger partial charge in [0.25, 0.3) is 0 Å². The Morgan fingerprint density at radius 2 is 0.742 bits per heavy atom. The van der Waals surface area contributed by atoms with Crippen LogP contribution in [0.3, 0.4) is 0 Å². The number of nitrogens with one attached hydrogen (secondary N) is 1. The van der Waals surface area contributed by atoms with E-state index in [-0.39, 0.29) is 12.5 Å². The summed E-state index contributed by atoms with van der Waals surface area (Å²) in [6, 6.07) is -0.826. The van der Waals surface area contributed by atoms with Gasteiger partial charge in [-0.25, -0.2) is 0 Å². The van der Waals surface area contributed by atoms with Crippen molar-refractivity contribution in [3.63, 3.8) is 0 Å². The highest BCUT2D eigenvalue weighted by Gasteiger charge is 2.51. The molecule has 0 aromatic heterocycles. The fourth-order valence-electron chi connectivity index (χ4n) is 12.9. The summed E-state index contributed by atoms with van der Waals surface area (Å²) in [7, 11) is 0. The van der Waals surface area contributed by atoms with Gasteiger partial charge in [0.15, 0.2) is 12.6 Å². The van der Waals surface area contributed by atoms with Gasteiger partial charge in [0.2, 0.25) is 5.91 Å². The minimum absolute atomic E-state index is 0.199. The lowest BCUT2D eigenvalue weighted by Gasteiger charge is -2.46. The maximum absolute atomic E-state index is 13.4. The van der Waals surface area contributed by atoms with Crippen LogP contribution >= 0.6 is 0 Å². The van der Waals surface area contributed by atoms with E-state index in [0.717, 1.165) is 57.8 Å². The summed E-state index contributed by atoms with van der Waals surface area (Å²) >= 11 is 0. The van der Waals surface area contributed by atoms with Crippen LogP contribution in [-0.2, 0) is 23.7 Å². The lowest BCUT2D eigenvalue weighted by atomic mass is 9.97. The summed E-state index contributed by atoms with van der Waals surface area (Å²) in [4.78, 5) is 13.4. The fourth-order valence-corrected chi connectivity index (χ4v) is 12.9. The molecule has 0 aliphatic carbocycles. The minimum atomic E-state index is -1.78. The summed E-state index contributed by atoms with van der Waals surface area (Å²) in [5, 5.41) is 87.6. The molecule has 89 heavy (non-hydrogen) atoms. The average Bonchev–Trinajstić information content (AvgIpc) is 2.55. The van der Waals surface area contributed by atoms with E-state index in [4.69, 9.17) is 18.9 Å². The van der Waals surface area contributed by atoms with E-state index in [1.54, 1.807) is 0 Å². The lowest BCUT2D eigenvalue weighted by molar-refractivity contribution is -0.359. The standard InChI is InChI=1S/C75H143NO13/c1-3-5-7-9-11-13-15-17-19-21-22-23-24-25-26-27-28-29-30-31-32-33-34-35-36-37-38-39-40-41-42-43-45-47-49-51-53-55-57-59-67(80)76-63(64(79)58-56-54-52-50-48-46-44-20-18-16-14-12-10-8-6-4-2)62-86-74-72(85)70(83)73(66(61-78)88-74)89-75-71(84)69(82)68(81)65(60-77)87-75/h15,17,21-22,63-66,68-75,77-79,81-85H,3-14,16,18-20,23-62H2,1-2H3,(H,76,80)/b17-15-,22-21-. The van der Waals surface area contributed by atoms with Crippen LogP contribution in [0.15, 0.2) is 24.3 Å². The quantitative estimate of drug-likeness (QED) is 0.0204. The van der Waals surface area contributed by atoms with Gasteiger partial charge in [-0.3, -0.25) is 4.79 Å². The number of carbonyl (C=O) groups is 1. The van der Waals surface area contributed by atoms with E-state index in [9.17, 15) is 45.6 Å². The van der Waals surface area contributed by atoms with Crippen molar-refractivity contribution in [2.75, 3.05) is 19.8 Å². The maximum atomic E-state index is 13.4. The molecule has 9 N–H and O–H groups in total. The molecule has 2 saturated heterocycles. The number of amides is 1. The van der Waals surface area contributed by atoms with Crippen molar-refractivity contribution in [2.24, 2.45) is 0 Å². The van der Waals surface area contributed by atoms with E-state index in [1.807, 2.05) is 0 Å². The van der Waals surface area contributed by atoms with Crippen molar-refractivity contribution in [1.82, 2.24) is 5.32 Å². The zero-order valence-electron chi connectivity index (χ0n) is 57.5. The number of allylic oxidation sites excluding steroid dienone is 4. The molecule has 2 aliphatic rings. The van der Waals surface area contributed by atoms with E-state index in [1.165, 1.54) is 270 Å². The van der Waals surface area contributed by atoms with Crippen molar-refractivity contribution in [3.8, 4) is 0 Å². The predicted octanol–water partition coefficient (Wildman–Crippen LogP) is 16.3. The molecule has 0 aromatic rings. The zero-order valence-corrected chi connectivity index (χ0v) is 57.5. The van der Waals surface area contributed by atoms with Gasteiger partial charge in [0.1, 0.15) is 48.8 Å². The molecule has 0 radical (unpaired) electrons. The summed E-state index contributed by atoms with van der Waals surface area (Å²) in [6.07, 6.45) is 59.4. The molecule has 2 heterocycles. The molecule has 2 rings (SSSR count). The molecule has 12 atom stereocenters. The summed E-state index contributed by atoms with van der Waals surface area (Å²) in [5.74, 6) is -0.199. The lowest BCUT2D eigenvalue weighted by Crippen LogP contribution is -2.65. The summed E-state index contributed by atoms with van der Waals surface area (Å²) < 4.78 is 22.9. The zero-order chi connectivity index (χ0) is 64.5. The van der Waals surface area contributed by atoms with Gasteiger partial charge in [0, 0.05) is 6.42 Å². The van der Waals surface area contributed by atoms with Crippen LogP contribution in [0.1, 0.15) is 354 Å². The highest BCUT2D eigenvalue weighted by Crippen LogP contribution is 2.30. The second kappa shape index (κ2) is 60.2. The number of aliphatic hydroxyl groups is 8. The molecule has 1 amide bonds. The molecule has 526 valence electrons. The smallest absolute Gasteiger partial charge is 0.220 e. The first-order chi connectivity index (χ1) is 43.6. The monoisotopic (exact) mass is 1270 g/mol. The number of carbonyl (C=O) groups excluding carboxylic acids is 1. The Balaban J connectivity index is 1.54. The third-order valence-corrected chi connectivity index (χ3v) is 18.9. The van der Waals surface area contributed by atoms with Crippen LogP contribution in [0.5, 0.6) is 0 Å². The first-order valence-electron chi connectivity index (χ1n) is 38.1. The topological polar surface area (TPSA) is 228 Å². The van der Waals surface area contributed by atoms with Crippen molar-refractivity contribution in [1.29, 1.82) is 0 Å². The van der Waals surface area contributed by atoms with Gasteiger partial charge < -0.3 is 65.1 Å². The van der Waals surface area contributed by atoms with E-state index in [2.05, 4.69) is 43.5 Å². The average molecular weight is 1270 g/mol. The van der Waals surface area contributed by atoms with Gasteiger partial charge in [-0.1, -0.05) is 327 Å². The highest BCUT2D eigenvalue weighted by atomic mass is 16.7. The molecule has 0 saturated carbocycles. The first kappa shape index (κ1) is 83.6. The van der Waals surface area contributed by atoms with Crippen LogP contribution in [0.25, 0.3) is 0 Å². The molecule has 0 aromatic carbocycles. The van der Waals surface area contributed by atoms with Crippen molar-refractivity contribution >= 4 is 5.91 Å². The second-order valence-corrected chi connectivity index (χ2v) is 27.1. The van der Waals surface area contributed by atoms with Crippen LogP contribution in [-0.4, -0.2) is 140 Å². The van der Waals surface area contributed by atoms with Crippen LogP contribution in [0.2, 0.25) is 0 Å². The number of hydrogen-bond acceptors (Lipinski definition) is 13. The molecule has 2 aliphatic heterocycles. The molecule has 14 nitrogen and oxygen atoms in total. The molecule has 0 spiro atoms. The number of hydrogen-bond donors (Lipinski definition) is 9. The molecule has 2 fully saturated rings. The van der Waals surface area contributed by atoms with Crippen LogP contribution in [0.4, 0.5) is 0 Å². The third kappa shape index (κ3) is 44.0. The maximum Gasteiger partial charge on any atom is 0.220 e. The van der Waals surface area contributed by atoms with E-state index < -0.39 is 86.8 Å². The van der Waals surface area contributed by atoms with Crippen molar-refractivity contribution in [2.45, 2.75) is 428 Å². The Labute approximate surface area is 545 Å². The largest absolute Gasteiger partial charge is 0.394 e. The molecular formula is C75H143NO13. The Hall–Kier alpha value is -1.53. The van der Waals surface area contributed by atoms with Gasteiger partial charge in [-0.15, -0.1) is 0 Å². The van der Waals surface area contributed by atoms with E-state index in [0.29, 0.717) is 12.8 Å². The Bertz CT molecular complexity index is 1590. The summed E-state index contributed by atoms with van der Waals surface area (Å²) in [5.41, 5.74) is 0. The number of unbranched alkanes of at least 4 members (excludes halogenated alkanes) is 47. The Kier molecular flexibility index (Phi) is 56.5. The highest BCUT2D eigenvalue weighted by molar-refractivity contribution is 5.76. The SMILES string of the molecule is CCCCCCC/C=C\C/C=C\CCCCCCCCCCCCCCCCCCCCCCCCCCCCCC(=O)NC(COC1OC(CO)C(OC2OC(CO)C(O)C(O)C2O)C(O)C1O)C(O)CCCCCCCCCCCCCCCCCC. The molecule has 12 unspecified atom stereocenters. The van der Waals surface area contributed by atoms with Gasteiger partial charge in [-0.2, -0.15) is 0 Å². The molecule has 14 heteroatoms. The van der Waals surface area contributed by atoms with Gasteiger partial charge in [-0.05, 0) is 44.9 Å². The van der Waals surface area contributed by atoms with Crippen LogP contribution in [0, 0.1) is 0 Å². The van der Waals surface area contributed by atoms with E-state index >= 15 is 0 Å². The number of ether oxygens (including phenoxy) is 4. The Morgan fingerprint density at radius 3 is 1.12 bits per heavy atom. The van der Waals surface area contributed by atoms with Crippen molar-refractivity contribution in [3.05, 3.63) is 24.3 Å². The molecule has 0 bridgehead atoms. The normalized spacial score (nSPS) is 23.1. The van der Waals surface area contributed by atoms with Crippen molar-refractivity contribution < 1.29 is 64.6 Å². The first-order valence-corrected chi connectivity index (χ1v) is 38.1. The number of rotatable bonds is 64. The number of aliphatic hydroxyl groups excluding tert-OH is 8. The molecular weight excluding hydrogens is 1120 g/mol. The second-order valence-electron chi connectivity index (χ2n) is 27.1. The van der Waals surface area contributed by atoms with Crippen LogP contribution < -0.4 is 5.32 Å². The van der Waals surface area contributed by atoms with Gasteiger partial charge >= 0.3 is 0 Å². The summed E-state index contributed by atoms with van der Waals surface area (Å²) in [6.45, 7) is 2.90. The predicted molar refractivity (Wildman–Crippen MR) is 365 cm³/mol. The third-order valence-electron chi connectivity index (χ3n) is 18.9. The minimum Gasteiger partial charge on any atom is -0.394 e. The Morgan fingerprint density at radius 1 is 0.404 bits per heavy atom.